The second-order valence-electron chi connectivity index (χ2n) is 5.46. The topological polar surface area (TPSA) is 92.2 Å². The predicted octanol–water partition coefficient (Wildman–Crippen LogP) is 3.29. The molecular weight excluding hydrogens is 360 g/mol. The summed E-state index contributed by atoms with van der Waals surface area (Å²) in [6, 6.07) is 11.2. The third-order valence-corrected chi connectivity index (χ3v) is 3.81. The maximum atomic E-state index is 12.5. The summed E-state index contributed by atoms with van der Waals surface area (Å²) in [5.74, 6) is 0.399. The standard InChI is InChI=1S/C19H18N6OS/c1-2-21-17-14-7-3-4-8-15(14)23-19(24-17)25-18(26)16(12-27)22-11-13-6-5-9-20-10-13/h3-12,27H,2H2,1H3,(H2,21,23,24,25,26)/b16-12-,22-11?. The van der Waals surface area contributed by atoms with Crippen molar-refractivity contribution in [2.75, 3.05) is 17.2 Å². The highest BCUT2D eigenvalue weighted by atomic mass is 32.1. The van der Waals surface area contributed by atoms with Crippen molar-refractivity contribution in [3.8, 4) is 0 Å². The number of thiol groups is 1. The molecule has 0 atom stereocenters. The van der Waals surface area contributed by atoms with E-state index in [-0.39, 0.29) is 11.6 Å². The lowest BCUT2D eigenvalue weighted by Crippen LogP contribution is -2.16. The van der Waals surface area contributed by atoms with Crippen LogP contribution < -0.4 is 10.6 Å². The number of pyridine rings is 1. The van der Waals surface area contributed by atoms with Crippen LogP contribution in [0.1, 0.15) is 12.5 Å². The average molecular weight is 378 g/mol. The molecule has 0 aliphatic rings. The number of carbonyl (C=O) groups excluding carboxylic acids is 1. The van der Waals surface area contributed by atoms with Gasteiger partial charge in [0.25, 0.3) is 5.91 Å². The van der Waals surface area contributed by atoms with Gasteiger partial charge in [-0.2, -0.15) is 4.98 Å². The van der Waals surface area contributed by atoms with Crippen LogP contribution in [0.4, 0.5) is 11.8 Å². The molecule has 0 radical (unpaired) electrons. The normalized spacial score (nSPS) is 11.7. The molecule has 136 valence electrons. The Labute approximate surface area is 162 Å². The quantitative estimate of drug-likeness (QED) is 0.348. The molecule has 0 aliphatic heterocycles. The number of benzene rings is 1. The monoisotopic (exact) mass is 378 g/mol. The first-order valence-electron chi connectivity index (χ1n) is 8.31. The SMILES string of the molecule is CCNc1nc(NC(=O)/C(=C/S)N=Cc2cccnc2)nc2ccccc12. The van der Waals surface area contributed by atoms with E-state index in [9.17, 15) is 4.79 Å². The van der Waals surface area contributed by atoms with Gasteiger partial charge in [-0.15, -0.1) is 12.6 Å². The summed E-state index contributed by atoms with van der Waals surface area (Å²) in [5, 5.41) is 8.07. The van der Waals surface area contributed by atoms with Gasteiger partial charge < -0.3 is 5.32 Å². The van der Waals surface area contributed by atoms with Crippen LogP contribution in [-0.4, -0.2) is 33.6 Å². The zero-order valence-corrected chi connectivity index (χ0v) is 15.5. The number of hydrogen-bond acceptors (Lipinski definition) is 7. The Balaban J connectivity index is 1.83. The van der Waals surface area contributed by atoms with E-state index >= 15 is 0 Å². The highest BCUT2D eigenvalue weighted by molar-refractivity contribution is 7.83. The second-order valence-corrected chi connectivity index (χ2v) is 5.71. The molecule has 2 heterocycles. The molecule has 0 unspecified atom stereocenters. The van der Waals surface area contributed by atoms with Crippen LogP contribution in [0.3, 0.4) is 0 Å². The van der Waals surface area contributed by atoms with Gasteiger partial charge in [0, 0.05) is 36.1 Å². The molecule has 0 saturated heterocycles. The Morgan fingerprint density at radius 3 is 2.81 bits per heavy atom. The fourth-order valence-electron chi connectivity index (χ4n) is 2.35. The molecule has 1 amide bonds. The molecule has 1 aromatic carbocycles. The van der Waals surface area contributed by atoms with Crippen LogP contribution in [0.15, 0.2) is 64.9 Å². The number of carbonyl (C=O) groups is 1. The Morgan fingerprint density at radius 2 is 2.07 bits per heavy atom. The predicted molar refractivity (Wildman–Crippen MR) is 111 cm³/mol. The van der Waals surface area contributed by atoms with Crippen LogP contribution in [0.2, 0.25) is 0 Å². The van der Waals surface area contributed by atoms with Crippen LogP contribution >= 0.6 is 12.6 Å². The molecule has 0 spiro atoms. The van der Waals surface area contributed by atoms with E-state index in [0.717, 1.165) is 16.5 Å². The molecule has 7 nitrogen and oxygen atoms in total. The van der Waals surface area contributed by atoms with Gasteiger partial charge in [0.05, 0.1) is 5.52 Å². The number of nitrogens with zero attached hydrogens (tertiary/aromatic N) is 4. The highest BCUT2D eigenvalue weighted by Gasteiger charge is 2.12. The van der Waals surface area contributed by atoms with Crippen molar-refractivity contribution in [3.63, 3.8) is 0 Å². The maximum Gasteiger partial charge on any atom is 0.277 e. The van der Waals surface area contributed by atoms with Crippen molar-refractivity contribution >= 4 is 47.4 Å². The van der Waals surface area contributed by atoms with Crippen LogP contribution in [0.25, 0.3) is 10.9 Å². The lowest BCUT2D eigenvalue weighted by Gasteiger charge is -2.10. The number of hydrogen-bond donors (Lipinski definition) is 3. The number of anilines is 2. The Kier molecular flexibility index (Phi) is 6.11. The average Bonchev–Trinajstić information content (AvgIpc) is 2.69. The van der Waals surface area contributed by atoms with E-state index in [1.54, 1.807) is 24.7 Å². The number of amides is 1. The van der Waals surface area contributed by atoms with Crippen molar-refractivity contribution in [2.45, 2.75) is 6.92 Å². The van der Waals surface area contributed by atoms with Crippen LogP contribution in [0, 0.1) is 0 Å². The number of para-hydroxylation sites is 1. The third kappa shape index (κ3) is 4.68. The smallest absolute Gasteiger partial charge is 0.277 e. The van der Waals surface area contributed by atoms with E-state index in [4.69, 9.17) is 0 Å². The van der Waals surface area contributed by atoms with Crippen molar-refractivity contribution in [2.24, 2.45) is 4.99 Å². The number of nitrogens with one attached hydrogen (secondary N) is 2. The minimum atomic E-state index is -0.456. The summed E-state index contributed by atoms with van der Waals surface area (Å²) in [7, 11) is 0. The summed E-state index contributed by atoms with van der Waals surface area (Å²) in [6.45, 7) is 2.68. The minimum absolute atomic E-state index is 0.129. The molecule has 8 heteroatoms. The molecule has 2 aromatic heterocycles. The molecule has 3 aromatic rings. The summed E-state index contributed by atoms with van der Waals surface area (Å²) < 4.78 is 0. The van der Waals surface area contributed by atoms with Gasteiger partial charge in [-0.3, -0.25) is 15.1 Å². The maximum absolute atomic E-state index is 12.5. The Bertz CT molecular complexity index is 1000. The Hall–Kier alpha value is -3.26. The largest absolute Gasteiger partial charge is 0.370 e. The number of aliphatic imine (C=N–C) groups is 1. The second kappa shape index (κ2) is 8.91. The lowest BCUT2D eigenvalue weighted by atomic mass is 10.2. The number of rotatable bonds is 6. The summed E-state index contributed by atoms with van der Waals surface area (Å²) in [6.07, 6.45) is 4.85. The van der Waals surface area contributed by atoms with E-state index in [1.165, 1.54) is 5.41 Å². The van der Waals surface area contributed by atoms with Gasteiger partial charge in [-0.05, 0) is 30.5 Å². The van der Waals surface area contributed by atoms with E-state index in [0.29, 0.717) is 12.4 Å². The summed E-state index contributed by atoms with van der Waals surface area (Å²) in [4.78, 5) is 29.5. The van der Waals surface area contributed by atoms with E-state index in [1.807, 2.05) is 37.3 Å². The molecule has 0 saturated carbocycles. The molecule has 0 bridgehead atoms. The van der Waals surface area contributed by atoms with Crippen molar-refractivity contribution in [1.29, 1.82) is 0 Å². The summed E-state index contributed by atoms with van der Waals surface area (Å²) in [5.41, 5.74) is 1.63. The zero-order chi connectivity index (χ0) is 19.1. The Morgan fingerprint density at radius 1 is 1.22 bits per heavy atom. The van der Waals surface area contributed by atoms with E-state index < -0.39 is 5.91 Å². The van der Waals surface area contributed by atoms with Crippen molar-refractivity contribution in [3.05, 3.63) is 65.5 Å². The third-order valence-electron chi connectivity index (χ3n) is 3.56. The summed E-state index contributed by atoms with van der Waals surface area (Å²) >= 11 is 4.08. The lowest BCUT2D eigenvalue weighted by molar-refractivity contribution is -0.112. The van der Waals surface area contributed by atoms with Crippen molar-refractivity contribution in [1.82, 2.24) is 15.0 Å². The van der Waals surface area contributed by atoms with Crippen LogP contribution in [-0.2, 0) is 4.79 Å². The van der Waals surface area contributed by atoms with Gasteiger partial charge >= 0.3 is 0 Å². The molecule has 0 aliphatic carbocycles. The highest BCUT2D eigenvalue weighted by Crippen LogP contribution is 2.21. The first kappa shape index (κ1) is 18.5. The van der Waals surface area contributed by atoms with Gasteiger partial charge in [0.1, 0.15) is 11.5 Å². The molecule has 0 fully saturated rings. The minimum Gasteiger partial charge on any atom is -0.370 e. The molecular formula is C19H18N6OS. The fraction of sp³-hybridized carbons (Fsp3) is 0.105. The first-order chi connectivity index (χ1) is 13.2. The van der Waals surface area contributed by atoms with Gasteiger partial charge in [-0.1, -0.05) is 18.2 Å². The molecule has 27 heavy (non-hydrogen) atoms. The number of fused-ring (bicyclic) bond motifs is 1. The zero-order valence-electron chi connectivity index (χ0n) is 14.6. The number of aromatic nitrogens is 3. The van der Waals surface area contributed by atoms with Crippen LogP contribution in [0.5, 0.6) is 0 Å². The van der Waals surface area contributed by atoms with Gasteiger partial charge in [0.15, 0.2) is 0 Å². The van der Waals surface area contributed by atoms with Gasteiger partial charge in [0.2, 0.25) is 5.95 Å². The van der Waals surface area contributed by atoms with Gasteiger partial charge in [-0.25, -0.2) is 9.98 Å². The molecule has 3 rings (SSSR count). The first-order valence-corrected chi connectivity index (χ1v) is 8.83. The van der Waals surface area contributed by atoms with E-state index in [2.05, 4.69) is 43.2 Å². The molecule has 2 N–H and O–H groups in total. The fourth-order valence-corrected chi connectivity index (χ4v) is 2.53. The van der Waals surface area contributed by atoms with Crippen molar-refractivity contribution < 1.29 is 4.79 Å².